The fraction of sp³-hybridized carbons (Fsp3) is 0.500. The van der Waals surface area contributed by atoms with E-state index in [4.69, 9.17) is 13.9 Å². The molecule has 1 saturated heterocycles. The second kappa shape index (κ2) is 6.84. The van der Waals surface area contributed by atoms with Gasteiger partial charge in [-0.15, -0.1) is 10.2 Å². The standard InChI is InChI=1S/C18H21N3O4/c1-12-19-20-17(25-12)16-10-21(8-9-23-16)18(22)14-4-6-15(7-5-14)24-11-13-2-3-13/h4-7,13,16H,2-3,8-11H2,1H3/t16-/m0/s1. The van der Waals surface area contributed by atoms with E-state index in [9.17, 15) is 4.79 Å². The summed E-state index contributed by atoms with van der Waals surface area (Å²) in [6, 6.07) is 7.33. The molecular formula is C18H21N3O4. The average molecular weight is 343 g/mol. The molecule has 4 rings (SSSR count). The highest BCUT2D eigenvalue weighted by molar-refractivity contribution is 5.94. The maximum atomic E-state index is 12.7. The van der Waals surface area contributed by atoms with Crippen LogP contribution in [-0.2, 0) is 4.74 Å². The fourth-order valence-electron chi connectivity index (χ4n) is 2.80. The largest absolute Gasteiger partial charge is 0.493 e. The first kappa shape index (κ1) is 16.1. The maximum absolute atomic E-state index is 12.7. The number of hydrogen-bond donors (Lipinski definition) is 0. The quantitative estimate of drug-likeness (QED) is 0.829. The van der Waals surface area contributed by atoms with Crippen LogP contribution >= 0.6 is 0 Å². The van der Waals surface area contributed by atoms with E-state index >= 15 is 0 Å². The summed E-state index contributed by atoms with van der Waals surface area (Å²) in [4.78, 5) is 14.5. The van der Waals surface area contributed by atoms with Crippen LogP contribution in [0.1, 0.15) is 41.1 Å². The molecule has 7 heteroatoms. The van der Waals surface area contributed by atoms with Gasteiger partial charge in [0.25, 0.3) is 5.91 Å². The molecule has 1 saturated carbocycles. The number of morpholine rings is 1. The number of carbonyl (C=O) groups is 1. The molecule has 1 aromatic carbocycles. The molecule has 1 aliphatic heterocycles. The molecule has 0 unspecified atom stereocenters. The second-order valence-electron chi connectivity index (χ2n) is 6.55. The van der Waals surface area contributed by atoms with Gasteiger partial charge in [0.05, 0.1) is 19.8 Å². The third kappa shape index (κ3) is 3.82. The molecule has 1 amide bonds. The van der Waals surface area contributed by atoms with E-state index in [1.165, 1.54) is 12.8 Å². The highest BCUT2D eigenvalue weighted by Crippen LogP contribution is 2.29. The van der Waals surface area contributed by atoms with Crippen molar-refractivity contribution in [2.75, 3.05) is 26.3 Å². The van der Waals surface area contributed by atoms with Gasteiger partial charge in [-0.1, -0.05) is 0 Å². The van der Waals surface area contributed by atoms with Gasteiger partial charge in [0.1, 0.15) is 5.75 Å². The second-order valence-corrected chi connectivity index (χ2v) is 6.55. The minimum Gasteiger partial charge on any atom is -0.493 e. The summed E-state index contributed by atoms with van der Waals surface area (Å²) in [6.45, 7) is 3.89. The number of amides is 1. The van der Waals surface area contributed by atoms with Crippen LogP contribution < -0.4 is 4.74 Å². The Morgan fingerprint density at radius 2 is 2.08 bits per heavy atom. The summed E-state index contributed by atoms with van der Waals surface area (Å²) in [5.41, 5.74) is 0.640. The zero-order chi connectivity index (χ0) is 17.2. The van der Waals surface area contributed by atoms with Crippen LogP contribution in [0.15, 0.2) is 28.7 Å². The Hall–Kier alpha value is -2.41. The lowest BCUT2D eigenvalue weighted by Crippen LogP contribution is -2.42. The summed E-state index contributed by atoms with van der Waals surface area (Å²) in [6.07, 6.45) is 2.14. The minimum atomic E-state index is -0.375. The van der Waals surface area contributed by atoms with Crippen molar-refractivity contribution in [2.45, 2.75) is 25.9 Å². The molecular weight excluding hydrogens is 322 g/mol. The van der Waals surface area contributed by atoms with E-state index < -0.39 is 0 Å². The number of aryl methyl sites for hydroxylation is 1. The number of rotatable bonds is 5. The predicted octanol–water partition coefficient (Wildman–Crippen LogP) is 2.38. The zero-order valence-electron chi connectivity index (χ0n) is 14.2. The Bertz CT molecular complexity index is 739. The van der Waals surface area contributed by atoms with Gasteiger partial charge in [-0.2, -0.15) is 0 Å². The highest BCUT2D eigenvalue weighted by Gasteiger charge is 2.29. The van der Waals surface area contributed by atoms with Gasteiger partial charge in [0.2, 0.25) is 11.8 Å². The summed E-state index contributed by atoms with van der Waals surface area (Å²) < 4.78 is 16.8. The zero-order valence-corrected chi connectivity index (χ0v) is 14.2. The van der Waals surface area contributed by atoms with E-state index in [0.29, 0.717) is 43.0 Å². The number of benzene rings is 1. The Morgan fingerprint density at radius 1 is 1.28 bits per heavy atom. The lowest BCUT2D eigenvalue weighted by Gasteiger charge is -2.31. The first-order chi connectivity index (χ1) is 12.2. The molecule has 2 fully saturated rings. The summed E-state index contributed by atoms with van der Waals surface area (Å²) in [5, 5.41) is 7.81. The van der Waals surface area contributed by atoms with Gasteiger partial charge < -0.3 is 18.8 Å². The molecule has 1 aromatic heterocycles. The normalized spacial score (nSPS) is 20.5. The van der Waals surface area contributed by atoms with Crippen LogP contribution in [0.25, 0.3) is 0 Å². The lowest BCUT2D eigenvalue weighted by molar-refractivity contribution is -0.0349. The van der Waals surface area contributed by atoms with E-state index in [1.807, 2.05) is 24.3 Å². The van der Waals surface area contributed by atoms with Crippen LogP contribution in [0.4, 0.5) is 0 Å². The van der Waals surface area contributed by atoms with E-state index in [0.717, 1.165) is 12.4 Å². The third-order valence-corrected chi connectivity index (χ3v) is 4.45. The van der Waals surface area contributed by atoms with Crippen LogP contribution in [-0.4, -0.2) is 47.3 Å². The predicted molar refractivity (Wildman–Crippen MR) is 88.3 cm³/mol. The van der Waals surface area contributed by atoms with Gasteiger partial charge in [-0.3, -0.25) is 4.79 Å². The molecule has 7 nitrogen and oxygen atoms in total. The van der Waals surface area contributed by atoms with Crippen LogP contribution in [0, 0.1) is 12.8 Å². The van der Waals surface area contributed by atoms with Gasteiger partial charge in [0, 0.05) is 19.0 Å². The molecule has 1 atom stereocenters. The molecule has 1 aliphatic carbocycles. The molecule has 2 aromatic rings. The number of hydrogen-bond acceptors (Lipinski definition) is 6. The molecule has 2 heterocycles. The number of carbonyl (C=O) groups excluding carboxylic acids is 1. The SMILES string of the molecule is Cc1nnc([C@@H]2CN(C(=O)c3ccc(OCC4CC4)cc3)CCO2)o1. The molecule has 0 spiro atoms. The fourth-order valence-corrected chi connectivity index (χ4v) is 2.80. The van der Waals surface area contributed by atoms with Gasteiger partial charge in [0.15, 0.2) is 6.10 Å². The van der Waals surface area contributed by atoms with Crippen molar-refractivity contribution in [3.63, 3.8) is 0 Å². The Kier molecular flexibility index (Phi) is 4.40. The first-order valence-electron chi connectivity index (χ1n) is 8.63. The first-order valence-corrected chi connectivity index (χ1v) is 8.63. The third-order valence-electron chi connectivity index (χ3n) is 4.45. The van der Waals surface area contributed by atoms with Gasteiger partial charge in [-0.25, -0.2) is 0 Å². The molecule has 2 aliphatic rings. The van der Waals surface area contributed by atoms with E-state index in [-0.39, 0.29) is 12.0 Å². The van der Waals surface area contributed by atoms with Crippen molar-refractivity contribution >= 4 is 5.91 Å². The van der Waals surface area contributed by atoms with Crippen molar-refractivity contribution in [1.29, 1.82) is 0 Å². The summed E-state index contributed by atoms with van der Waals surface area (Å²) >= 11 is 0. The highest BCUT2D eigenvalue weighted by atomic mass is 16.5. The topological polar surface area (TPSA) is 77.7 Å². The Morgan fingerprint density at radius 3 is 2.76 bits per heavy atom. The van der Waals surface area contributed by atoms with Crippen LogP contribution in [0.5, 0.6) is 5.75 Å². The average Bonchev–Trinajstić information content (AvgIpc) is 3.39. The number of aromatic nitrogens is 2. The van der Waals surface area contributed by atoms with E-state index in [2.05, 4.69) is 10.2 Å². The van der Waals surface area contributed by atoms with Crippen molar-refractivity contribution < 1.29 is 18.7 Å². The molecule has 132 valence electrons. The molecule has 0 bridgehead atoms. The van der Waals surface area contributed by atoms with Crippen molar-refractivity contribution in [2.24, 2.45) is 5.92 Å². The lowest BCUT2D eigenvalue weighted by atomic mass is 10.1. The minimum absolute atomic E-state index is 0.0294. The number of nitrogens with zero attached hydrogens (tertiary/aromatic N) is 3. The Labute approximate surface area is 145 Å². The van der Waals surface area contributed by atoms with Crippen LogP contribution in [0.2, 0.25) is 0 Å². The monoisotopic (exact) mass is 343 g/mol. The van der Waals surface area contributed by atoms with E-state index in [1.54, 1.807) is 11.8 Å². The smallest absolute Gasteiger partial charge is 0.254 e. The molecule has 25 heavy (non-hydrogen) atoms. The van der Waals surface area contributed by atoms with Gasteiger partial charge >= 0.3 is 0 Å². The summed E-state index contributed by atoms with van der Waals surface area (Å²) in [5.74, 6) is 2.39. The number of ether oxygens (including phenoxy) is 2. The molecule has 0 N–H and O–H groups in total. The van der Waals surface area contributed by atoms with Crippen molar-refractivity contribution in [3.05, 3.63) is 41.6 Å². The van der Waals surface area contributed by atoms with Crippen LogP contribution in [0.3, 0.4) is 0 Å². The maximum Gasteiger partial charge on any atom is 0.254 e. The van der Waals surface area contributed by atoms with Crippen molar-refractivity contribution in [3.8, 4) is 5.75 Å². The summed E-state index contributed by atoms with van der Waals surface area (Å²) in [7, 11) is 0. The van der Waals surface area contributed by atoms with Crippen molar-refractivity contribution in [1.82, 2.24) is 15.1 Å². The Balaban J connectivity index is 1.39. The van der Waals surface area contributed by atoms with Gasteiger partial charge in [-0.05, 0) is 43.0 Å². The molecule has 0 radical (unpaired) electrons.